The van der Waals surface area contributed by atoms with Crippen LogP contribution in [0.5, 0.6) is 0 Å². The monoisotopic (exact) mass is 230 g/mol. The molecule has 0 radical (unpaired) electrons. The summed E-state index contributed by atoms with van der Waals surface area (Å²) in [6.45, 7) is 1.92. The Bertz CT molecular complexity index is 462. The molecule has 0 fully saturated rings. The predicted molar refractivity (Wildman–Crippen MR) is 70.3 cm³/mol. The maximum atomic E-state index is 7.06. The molecule has 1 aliphatic rings. The lowest BCUT2D eigenvalue weighted by atomic mass is 9.90. The highest BCUT2D eigenvalue weighted by atomic mass is 15.3. The highest BCUT2D eigenvalue weighted by molar-refractivity contribution is 5.99. The van der Waals surface area contributed by atoms with Crippen molar-refractivity contribution in [3.8, 4) is 0 Å². The van der Waals surface area contributed by atoms with Crippen molar-refractivity contribution in [2.75, 3.05) is 0 Å². The summed E-state index contributed by atoms with van der Waals surface area (Å²) < 4.78 is 0. The third kappa shape index (κ3) is 2.84. The van der Waals surface area contributed by atoms with Crippen LogP contribution >= 0.6 is 0 Å². The van der Waals surface area contributed by atoms with Gasteiger partial charge in [0.2, 0.25) is 5.96 Å². The molecule has 0 spiro atoms. The Kier molecular flexibility index (Phi) is 3.42. The van der Waals surface area contributed by atoms with E-state index in [2.05, 4.69) is 28.7 Å². The fraction of sp³-hybridized carbons (Fsp3) is 0.385. The van der Waals surface area contributed by atoms with Crippen LogP contribution in [0.3, 0.4) is 0 Å². The summed E-state index contributed by atoms with van der Waals surface area (Å²) in [6, 6.07) is 6.48. The number of nitrogens with one attached hydrogen (secondary N) is 2. The van der Waals surface area contributed by atoms with Crippen molar-refractivity contribution in [2.45, 2.75) is 32.6 Å². The maximum absolute atomic E-state index is 7.06. The number of benzene rings is 1. The average molecular weight is 230 g/mol. The van der Waals surface area contributed by atoms with Gasteiger partial charge >= 0.3 is 0 Å². The minimum absolute atomic E-state index is 0.137. The maximum Gasteiger partial charge on any atom is 0.206 e. The normalized spacial score (nSPS) is 15.2. The first-order chi connectivity index (χ1) is 8.16. The van der Waals surface area contributed by atoms with E-state index in [1.807, 2.05) is 6.92 Å². The SMILES string of the molecule is C/C(=N\NC(=N)N)c1ccc2c(c1)CCCC2. The highest BCUT2D eigenvalue weighted by Gasteiger charge is 2.10. The molecule has 0 amide bonds. The van der Waals surface area contributed by atoms with Crippen molar-refractivity contribution in [1.82, 2.24) is 5.43 Å². The topological polar surface area (TPSA) is 74.3 Å². The van der Waals surface area contributed by atoms with Crippen LogP contribution in [-0.2, 0) is 12.8 Å². The van der Waals surface area contributed by atoms with E-state index in [1.165, 1.54) is 30.4 Å². The fourth-order valence-electron chi connectivity index (χ4n) is 2.17. The van der Waals surface area contributed by atoms with Crippen LogP contribution in [0.25, 0.3) is 0 Å². The summed E-state index contributed by atoms with van der Waals surface area (Å²) in [5, 5.41) is 11.1. The zero-order valence-electron chi connectivity index (χ0n) is 10.1. The van der Waals surface area contributed by atoms with Crippen molar-refractivity contribution in [2.24, 2.45) is 10.8 Å². The van der Waals surface area contributed by atoms with Crippen LogP contribution in [0.2, 0.25) is 0 Å². The molecular weight excluding hydrogens is 212 g/mol. The van der Waals surface area contributed by atoms with E-state index in [0.717, 1.165) is 17.7 Å². The van der Waals surface area contributed by atoms with Gasteiger partial charge in [0.15, 0.2) is 0 Å². The molecule has 0 bridgehead atoms. The van der Waals surface area contributed by atoms with Gasteiger partial charge in [-0.15, -0.1) is 0 Å². The van der Waals surface area contributed by atoms with E-state index < -0.39 is 0 Å². The number of guanidine groups is 1. The molecule has 4 N–H and O–H groups in total. The Morgan fingerprint density at radius 2 is 2.00 bits per heavy atom. The van der Waals surface area contributed by atoms with Crippen molar-refractivity contribution in [3.05, 3.63) is 34.9 Å². The molecule has 0 saturated heterocycles. The first kappa shape index (κ1) is 11.6. The molecule has 1 aromatic carbocycles. The smallest absolute Gasteiger partial charge is 0.206 e. The zero-order chi connectivity index (χ0) is 12.3. The van der Waals surface area contributed by atoms with Gasteiger partial charge in [0, 0.05) is 0 Å². The lowest BCUT2D eigenvalue weighted by Gasteiger charge is -2.16. The zero-order valence-corrected chi connectivity index (χ0v) is 10.1. The third-order valence-corrected chi connectivity index (χ3v) is 3.11. The molecule has 0 heterocycles. The van der Waals surface area contributed by atoms with E-state index in [9.17, 15) is 0 Å². The lowest BCUT2D eigenvalue weighted by molar-refractivity contribution is 0.685. The van der Waals surface area contributed by atoms with Crippen LogP contribution < -0.4 is 11.2 Å². The Morgan fingerprint density at radius 1 is 1.29 bits per heavy atom. The molecule has 4 heteroatoms. The van der Waals surface area contributed by atoms with Gasteiger partial charge in [0.05, 0.1) is 5.71 Å². The van der Waals surface area contributed by atoms with Crippen LogP contribution in [0.1, 0.15) is 36.5 Å². The first-order valence-electron chi connectivity index (χ1n) is 5.93. The Hall–Kier alpha value is -1.84. The van der Waals surface area contributed by atoms with E-state index >= 15 is 0 Å². The van der Waals surface area contributed by atoms with E-state index in [0.29, 0.717) is 0 Å². The van der Waals surface area contributed by atoms with Gasteiger partial charge in [0.1, 0.15) is 0 Å². The number of fused-ring (bicyclic) bond motifs is 1. The Morgan fingerprint density at radius 3 is 2.71 bits per heavy atom. The van der Waals surface area contributed by atoms with Gasteiger partial charge in [-0.3, -0.25) is 5.41 Å². The molecule has 0 atom stereocenters. The van der Waals surface area contributed by atoms with Gasteiger partial charge in [-0.1, -0.05) is 12.1 Å². The molecule has 0 aromatic heterocycles. The van der Waals surface area contributed by atoms with Crippen molar-refractivity contribution in [3.63, 3.8) is 0 Å². The van der Waals surface area contributed by atoms with Crippen LogP contribution in [0.15, 0.2) is 23.3 Å². The van der Waals surface area contributed by atoms with Crippen LogP contribution in [0, 0.1) is 5.41 Å². The van der Waals surface area contributed by atoms with E-state index in [1.54, 1.807) is 0 Å². The molecule has 1 aromatic rings. The van der Waals surface area contributed by atoms with Gasteiger partial charge < -0.3 is 5.73 Å². The standard InChI is InChI=1S/C13H18N4/c1-9(16-17-13(14)15)11-7-6-10-4-2-3-5-12(10)8-11/h6-8H,2-5H2,1H3,(H4,14,15,17)/b16-9+. The summed E-state index contributed by atoms with van der Waals surface area (Å²) in [5.41, 5.74) is 12.5. The summed E-state index contributed by atoms with van der Waals surface area (Å²) in [6.07, 6.45) is 4.93. The second-order valence-corrected chi connectivity index (χ2v) is 4.41. The number of hydrogen-bond donors (Lipinski definition) is 3. The molecule has 90 valence electrons. The van der Waals surface area contributed by atoms with Crippen molar-refractivity contribution >= 4 is 11.7 Å². The average Bonchev–Trinajstić information content (AvgIpc) is 2.35. The summed E-state index contributed by atoms with van der Waals surface area (Å²) in [7, 11) is 0. The first-order valence-corrected chi connectivity index (χ1v) is 5.93. The Labute approximate surface area is 101 Å². The van der Waals surface area contributed by atoms with Gasteiger partial charge in [-0.25, -0.2) is 5.43 Å². The van der Waals surface area contributed by atoms with Crippen LogP contribution in [-0.4, -0.2) is 11.7 Å². The number of hydrazone groups is 1. The number of aryl methyl sites for hydroxylation is 2. The second-order valence-electron chi connectivity index (χ2n) is 4.41. The van der Waals surface area contributed by atoms with E-state index in [4.69, 9.17) is 11.1 Å². The molecule has 2 rings (SSSR count). The van der Waals surface area contributed by atoms with Crippen LogP contribution in [0.4, 0.5) is 0 Å². The molecule has 0 saturated carbocycles. The van der Waals surface area contributed by atoms with Crippen molar-refractivity contribution < 1.29 is 0 Å². The third-order valence-electron chi connectivity index (χ3n) is 3.11. The van der Waals surface area contributed by atoms with Gasteiger partial charge in [0.25, 0.3) is 0 Å². The minimum Gasteiger partial charge on any atom is -0.369 e. The van der Waals surface area contributed by atoms with E-state index in [-0.39, 0.29) is 5.96 Å². The molecular formula is C13H18N4. The molecule has 4 nitrogen and oxygen atoms in total. The summed E-state index contributed by atoms with van der Waals surface area (Å²) in [5.74, 6) is -0.137. The van der Waals surface area contributed by atoms with Gasteiger partial charge in [-0.05, 0) is 55.4 Å². The highest BCUT2D eigenvalue weighted by Crippen LogP contribution is 2.22. The largest absolute Gasteiger partial charge is 0.369 e. The predicted octanol–water partition coefficient (Wildman–Crippen LogP) is 1.77. The molecule has 1 aliphatic carbocycles. The molecule has 0 aliphatic heterocycles. The van der Waals surface area contributed by atoms with Crippen molar-refractivity contribution in [1.29, 1.82) is 5.41 Å². The summed E-state index contributed by atoms with van der Waals surface area (Å²) in [4.78, 5) is 0. The minimum atomic E-state index is -0.137. The second kappa shape index (κ2) is 4.99. The number of nitrogens with two attached hydrogens (primary N) is 1. The number of rotatable bonds is 2. The number of nitrogens with zero attached hydrogens (tertiary/aromatic N) is 1. The van der Waals surface area contributed by atoms with Gasteiger partial charge in [-0.2, -0.15) is 5.10 Å². The molecule has 17 heavy (non-hydrogen) atoms. The quantitative estimate of drug-likeness (QED) is 0.411. The molecule has 0 unspecified atom stereocenters. The number of hydrogen-bond acceptors (Lipinski definition) is 2. The Balaban J connectivity index is 2.21. The lowest BCUT2D eigenvalue weighted by Crippen LogP contribution is -2.26. The fourth-order valence-corrected chi connectivity index (χ4v) is 2.17. The summed E-state index contributed by atoms with van der Waals surface area (Å²) >= 11 is 0.